The molecule has 0 atom stereocenters. The molecule has 0 aliphatic heterocycles. The third-order valence-electron chi connectivity index (χ3n) is 3.81. The normalized spacial score (nSPS) is 10.3. The summed E-state index contributed by atoms with van der Waals surface area (Å²) in [6.45, 7) is 3.96. The minimum absolute atomic E-state index is 0.345. The van der Waals surface area contributed by atoms with Crippen LogP contribution in [0.3, 0.4) is 0 Å². The second kappa shape index (κ2) is 8.01. The molecule has 0 bridgehead atoms. The number of aryl methyl sites for hydroxylation is 2. The lowest BCUT2D eigenvalue weighted by Crippen LogP contribution is -2.19. The first-order valence-electron chi connectivity index (χ1n) is 8.25. The van der Waals surface area contributed by atoms with Crippen molar-refractivity contribution in [2.75, 3.05) is 17.7 Å². The van der Waals surface area contributed by atoms with Crippen LogP contribution >= 0.6 is 11.3 Å². The predicted molar refractivity (Wildman–Crippen MR) is 107 cm³/mol. The number of nitrogens with one attached hydrogen (secondary N) is 2. The number of hydrogen-bond donors (Lipinski definition) is 2. The van der Waals surface area contributed by atoms with Crippen LogP contribution in [0.25, 0.3) is 11.3 Å². The van der Waals surface area contributed by atoms with Crippen molar-refractivity contribution in [2.45, 2.75) is 13.8 Å². The number of aromatic nitrogens is 1. The first-order chi connectivity index (χ1) is 12.9. The molecule has 2 aromatic carbocycles. The van der Waals surface area contributed by atoms with Gasteiger partial charge in [0.25, 0.3) is 0 Å². The molecule has 0 unspecified atom stereocenters. The average Bonchev–Trinajstić information content (AvgIpc) is 3.08. The molecule has 0 radical (unpaired) electrons. The number of hydrogen-bond acceptors (Lipinski definition) is 5. The summed E-state index contributed by atoms with van der Waals surface area (Å²) < 4.78 is 4.69. The van der Waals surface area contributed by atoms with Gasteiger partial charge >= 0.3 is 12.0 Å². The number of rotatable bonds is 4. The van der Waals surface area contributed by atoms with Crippen LogP contribution in [0, 0.1) is 13.8 Å². The molecule has 1 heterocycles. The standard InChI is InChI=1S/C20H19N3O3S/c1-12-8-13(2)10-16(9-12)21-19(25)23-20-22-17(11-27-20)14-4-6-15(7-5-14)18(24)26-3/h4-11H,1-3H3,(H2,21,22,23,25). The fraction of sp³-hybridized carbons (Fsp3) is 0.150. The van der Waals surface area contributed by atoms with Gasteiger partial charge < -0.3 is 10.1 Å². The Kier molecular flexibility index (Phi) is 5.52. The first-order valence-corrected chi connectivity index (χ1v) is 9.13. The fourth-order valence-corrected chi connectivity index (χ4v) is 3.38. The van der Waals surface area contributed by atoms with Gasteiger partial charge in [-0.05, 0) is 49.2 Å². The molecule has 2 amide bonds. The average molecular weight is 381 g/mol. The van der Waals surface area contributed by atoms with Gasteiger partial charge in [-0.1, -0.05) is 18.2 Å². The maximum absolute atomic E-state index is 12.2. The molecule has 2 N–H and O–H groups in total. The maximum atomic E-state index is 12.2. The minimum atomic E-state index is -0.384. The van der Waals surface area contributed by atoms with Gasteiger partial charge in [-0.3, -0.25) is 5.32 Å². The van der Waals surface area contributed by atoms with Crippen LogP contribution in [0.15, 0.2) is 47.8 Å². The van der Waals surface area contributed by atoms with E-state index in [9.17, 15) is 9.59 Å². The number of urea groups is 1. The molecule has 7 heteroatoms. The Bertz CT molecular complexity index is 960. The van der Waals surface area contributed by atoms with Gasteiger partial charge in [-0.25, -0.2) is 14.6 Å². The number of methoxy groups -OCH3 is 1. The summed E-state index contributed by atoms with van der Waals surface area (Å²) in [6.07, 6.45) is 0. The number of thiazole rings is 1. The maximum Gasteiger partial charge on any atom is 0.337 e. The van der Waals surface area contributed by atoms with Crippen LogP contribution in [-0.4, -0.2) is 24.1 Å². The van der Waals surface area contributed by atoms with E-state index < -0.39 is 0 Å². The zero-order valence-corrected chi connectivity index (χ0v) is 16.0. The van der Waals surface area contributed by atoms with Crippen LogP contribution in [0.4, 0.5) is 15.6 Å². The van der Waals surface area contributed by atoms with E-state index in [1.54, 1.807) is 24.3 Å². The Morgan fingerprint density at radius 1 is 1.00 bits per heavy atom. The summed E-state index contributed by atoms with van der Waals surface area (Å²) >= 11 is 1.33. The molecule has 0 fully saturated rings. The van der Waals surface area contributed by atoms with Crippen molar-refractivity contribution >= 4 is 34.2 Å². The summed E-state index contributed by atoms with van der Waals surface area (Å²) in [7, 11) is 1.34. The van der Waals surface area contributed by atoms with Crippen molar-refractivity contribution in [1.82, 2.24) is 4.98 Å². The number of amides is 2. The Labute approximate surface area is 161 Å². The van der Waals surface area contributed by atoms with Crippen LogP contribution in [0.2, 0.25) is 0 Å². The lowest BCUT2D eigenvalue weighted by atomic mass is 10.1. The third kappa shape index (κ3) is 4.71. The third-order valence-corrected chi connectivity index (χ3v) is 4.56. The predicted octanol–water partition coefficient (Wildman–Crippen LogP) is 4.86. The molecule has 1 aromatic heterocycles. The number of ether oxygens (including phenoxy) is 1. The molecule has 3 rings (SSSR count). The first kappa shape index (κ1) is 18.6. The van der Waals surface area contributed by atoms with E-state index in [1.165, 1.54) is 18.4 Å². The van der Waals surface area contributed by atoms with Crippen molar-refractivity contribution < 1.29 is 14.3 Å². The van der Waals surface area contributed by atoms with Crippen LogP contribution in [0.1, 0.15) is 21.5 Å². The van der Waals surface area contributed by atoms with E-state index in [2.05, 4.69) is 20.4 Å². The van der Waals surface area contributed by atoms with Crippen LogP contribution in [0.5, 0.6) is 0 Å². The highest BCUT2D eigenvalue weighted by Gasteiger charge is 2.10. The van der Waals surface area contributed by atoms with E-state index in [1.807, 2.05) is 37.4 Å². The van der Waals surface area contributed by atoms with Gasteiger partial charge in [0.05, 0.1) is 18.4 Å². The Hall–Kier alpha value is -3.19. The largest absolute Gasteiger partial charge is 0.465 e. The van der Waals surface area contributed by atoms with Gasteiger partial charge in [0.15, 0.2) is 5.13 Å². The fourth-order valence-electron chi connectivity index (χ4n) is 2.66. The molecule has 0 saturated carbocycles. The van der Waals surface area contributed by atoms with Crippen molar-refractivity contribution in [3.63, 3.8) is 0 Å². The minimum Gasteiger partial charge on any atom is -0.465 e. The van der Waals surface area contributed by atoms with Crippen molar-refractivity contribution in [3.8, 4) is 11.3 Å². The van der Waals surface area contributed by atoms with Crippen molar-refractivity contribution in [2.24, 2.45) is 0 Å². The lowest BCUT2D eigenvalue weighted by molar-refractivity contribution is 0.0600. The summed E-state index contributed by atoms with van der Waals surface area (Å²) in [5.74, 6) is -0.384. The molecule has 3 aromatic rings. The molecule has 6 nitrogen and oxygen atoms in total. The van der Waals surface area contributed by atoms with E-state index >= 15 is 0 Å². The summed E-state index contributed by atoms with van der Waals surface area (Å²) in [4.78, 5) is 28.1. The van der Waals surface area contributed by atoms with E-state index in [-0.39, 0.29) is 12.0 Å². The molecule has 0 saturated heterocycles. The number of carbonyl (C=O) groups is 2. The number of anilines is 2. The van der Waals surface area contributed by atoms with Gasteiger partial charge in [0.1, 0.15) is 0 Å². The SMILES string of the molecule is COC(=O)c1ccc(-c2csc(NC(=O)Nc3cc(C)cc(C)c3)n2)cc1. The van der Waals surface area contributed by atoms with E-state index in [0.717, 1.165) is 28.1 Å². The Balaban J connectivity index is 1.66. The molecular weight excluding hydrogens is 362 g/mol. The van der Waals surface area contributed by atoms with E-state index in [0.29, 0.717) is 10.7 Å². The van der Waals surface area contributed by atoms with Gasteiger partial charge in [0.2, 0.25) is 0 Å². The van der Waals surface area contributed by atoms with Crippen LogP contribution in [-0.2, 0) is 4.74 Å². The zero-order valence-electron chi connectivity index (χ0n) is 15.2. The molecule has 138 valence electrons. The Morgan fingerprint density at radius 3 is 2.30 bits per heavy atom. The number of carbonyl (C=O) groups excluding carboxylic acids is 2. The monoisotopic (exact) mass is 381 g/mol. The summed E-state index contributed by atoms with van der Waals surface area (Å²) in [5, 5.41) is 7.89. The highest BCUT2D eigenvalue weighted by Crippen LogP contribution is 2.25. The Morgan fingerprint density at radius 2 is 1.67 bits per heavy atom. The van der Waals surface area contributed by atoms with Gasteiger partial charge in [-0.15, -0.1) is 11.3 Å². The number of nitrogens with zero attached hydrogens (tertiary/aromatic N) is 1. The summed E-state index contributed by atoms with van der Waals surface area (Å²) in [5.41, 5.74) is 4.94. The molecule has 0 aliphatic rings. The summed E-state index contributed by atoms with van der Waals surface area (Å²) in [6, 6.07) is 12.5. The second-order valence-electron chi connectivity index (χ2n) is 6.06. The molecular formula is C20H19N3O3S. The smallest absolute Gasteiger partial charge is 0.337 e. The van der Waals surface area contributed by atoms with Crippen LogP contribution < -0.4 is 10.6 Å². The van der Waals surface area contributed by atoms with Gasteiger partial charge in [-0.2, -0.15) is 0 Å². The quantitative estimate of drug-likeness (QED) is 0.633. The number of benzene rings is 2. The lowest BCUT2D eigenvalue weighted by Gasteiger charge is -2.07. The highest BCUT2D eigenvalue weighted by atomic mass is 32.1. The van der Waals surface area contributed by atoms with Gasteiger partial charge in [0, 0.05) is 16.6 Å². The topological polar surface area (TPSA) is 80.3 Å². The molecule has 0 aliphatic carbocycles. The zero-order chi connectivity index (χ0) is 19.4. The van der Waals surface area contributed by atoms with Crippen molar-refractivity contribution in [1.29, 1.82) is 0 Å². The highest BCUT2D eigenvalue weighted by molar-refractivity contribution is 7.14. The number of esters is 1. The molecule has 0 spiro atoms. The molecule has 27 heavy (non-hydrogen) atoms. The second-order valence-corrected chi connectivity index (χ2v) is 6.92. The van der Waals surface area contributed by atoms with E-state index in [4.69, 9.17) is 0 Å². The van der Waals surface area contributed by atoms with Crippen molar-refractivity contribution in [3.05, 3.63) is 64.5 Å².